The fraction of sp³-hybridized carbons (Fsp3) is 0.304. The number of benzene rings is 2. The van der Waals surface area contributed by atoms with Crippen molar-refractivity contribution >= 4 is 23.3 Å². The van der Waals surface area contributed by atoms with Crippen LogP contribution in [-0.4, -0.2) is 40.7 Å². The minimum atomic E-state index is -0.123. The SMILES string of the molecule is COc1ccc(Cl)cc1NC(=O)N1CCC(Cn2ccnc2-c2ccccc2)CC1. The number of urea groups is 1. The Morgan fingerprint density at radius 2 is 1.97 bits per heavy atom. The molecule has 6 nitrogen and oxygen atoms in total. The van der Waals surface area contributed by atoms with Crippen LogP contribution < -0.4 is 10.1 Å². The number of methoxy groups -OCH3 is 1. The minimum Gasteiger partial charge on any atom is -0.495 e. The van der Waals surface area contributed by atoms with E-state index in [0.29, 0.717) is 22.4 Å². The Bertz CT molecular complexity index is 997. The number of piperidine rings is 1. The molecule has 3 aromatic rings. The number of nitrogens with zero attached hydrogens (tertiary/aromatic N) is 3. The third kappa shape index (κ3) is 4.60. The zero-order valence-electron chi connectivity index (χ0n) is 16.9. The summed E-state index contributed by atoms with van der Waals surface area (Å²) in [5.74, 6) is 2.09. The van der Waals surface area contributed by atoms with E-state index in [4.69, 9.17) is 16.3 Å². The number of rotatable bonds is 5. The maximum Gasteiger partial charge on any atom is 0.321 e. The first-order valence-corrected chi connectivity index (χ1v) is 10.5. The smallest absolute Gasteiger partial charge is 0.321 e. The molecule has 0 aliphatic carbocycles. The van der Waals surface area contributed by atoms with Crippen molar-refractivity contribution in [1.82, 2.24) is 14.5 Å². The van der Waals surface area contributed by atoms with Crippen molar-refractivity contribution in [3.8, 4) is 17.1 Å². The molecule has 2 aromatic carbocycles. The molecule has 1 N–H and O–H groups in total. The summed E-state index contributed by atoms with van der Waals surface area (Å²) in [7, 11) is 1.57. The van der Waals surface area contributed by atoms with Gasteiger partial charge in [-0.15, -0.1) is 0 Å². The number of anilines is 1. The number of likely N-dealkylation sites (tertiary alicyclic amines) is 1. The van der Waals surface area contributed by atoms with Gasteiger partial charge in [-0.25, -0.2) is 9.78 Å². The molecule has 0 saturated carbocycles. The van der Waals surface area contributed by atoms with E-state index in [2.05, 4.69) is 27.0 Å². The molecule has 2 heterocycles. The number of nitrogens with one attached hydrogen (secondary N) is 1. The topological polar surface area (TPSA) is 59.4 Å². The minimum absolute atomic E-state index is 0.123. The molecule has 2 amide bonds. The third-order valence-corrected chi connectivity index (χ3v) is 5.74. The number of hydrogen-bond donors (Lipinski definition) is 1. The fourth-order valence-corrected chi connectivity index (χ4v) is 4.05. The Hall–Kier alpha value is -2.99. The molecule has 1 aliphatic heterocycles. The Morgan fingerprint density at radius 3 is 2.70 bits per heavy atom. The molecule has 0 bridgehead atoms. The summed E-state index contributed by atoms with van der Waals surface area (Å²) in [4.78, 5) is 19.1. The molecule has 0 spiro atoms. The third-order valence-electron chi connectivity index (χ3n) is 5.51. The zero-order chi connectivity index (χ0) is 20.9. The highest BCUT2D eigenvalue weighted by Crippen LogP contribution is 2.29. The Balaban J connectivity index is 1.34. The van der Waals surface area contributed by atoms with Crippen LogP contribution in [0.15, 0.2) is 60.9 Å². The molecule has 156 valence electrons. The number of halogens is 1. The standard InChI is InChI=1S/C23H25ClN4O2/c1-30-21-8-7-19(24)15-20(21)26-23(29)27-12-9-17(10-13-27)16-28-14-11-25-22(28)18-5-3-2-4-6-18/h2-8,11,14-15,17H,9-10,12-13,16H2,1H3,(H,26,29). The van der Waals surface area contributed by atoms with Crippen LogP contribution in [0.3, 0.4) is 0 Å². The van der Waals surface area contributed by atoms with Crippen LogP contribution in [-0.2, 0) is 6.54 Å². The maximum atomic E-state index is 12.7. The summed E-state index contributed by atoms with van der Waals surface area (Å²) in [6, 6.07) is 15.3. The second kappa shape index (κ2) is 9.22. The Kier molecular flexibility index (Phi) is 6.23. The van der Waals surface area contributed by atoms with Gasteiger partial charge < -0.3 is 19.5 Å². The molecule has 1 aliphatic rings. The Labute approximate surface area is 181 Å². The van der Waals surface area contributed by atoms with Crippen LogP contribution in [0.1, 0.15) is 12.8 Å². The fourth-order valence-electron chi connectivity index (χ4n) is 3.87. The van der Waals surface area contributed by atoms with Crippen molar-refractivity contribution in [2.75, 3.05) is 25.5 Å². The van der Waals surface area contributed by atoms with Gasteiger partial charge in [0.25, 0.3) is 0 Å². The average molecular weight is 425 g/mol. The highest BCUT2D eigenvalue weighted by molar-refractivity contribution is 6.31. The van der Waals surface area contributed by atoms with Gasteiger partial charge in [-0.05, 0) is 37.0 Å². The second-order valence-electron chi connectivity index (χ2n) is 7.47. The van der Waals surface area contributed by atoms with Crippen molar-refractivity contribution < 1.29 is 9.53 Å². The van der Waals surface area contributed by atoms with E-state index in [9.17, 15) is 4.79 Å². The number of ether oxygens (including phenoxy) is 1. The number of imidazole rings is 1. The predicted molar refractivity (Wildman–Crippen MR) is 119 cm³/mol. The van der Waals surface area contributed by atoms with Crippen LogP contribution in [0.5, 0.6) is 5.75 Å². The second-order valence-corrected chi connectivity index (χ2v) is 7.91. The van der Waals surface area contributed by atoms with Crippen molar-refractivity contribution in [3.05, 3.63) is 65.9 Å². The quantitative estimate of drug-likeness (QED) is 0.615. The first-order chi connectivity index (χ1) is 14.6. The lowest BCUT2D eigenvalue weighted by Gasteiger charge is -2.32. The lowest BCUT2D eigenvalue weighted by Crippen LogP contribution is -2.41. The number of amides is 2. The van der Waals surface area contributed by atoms with Gasteiger partial charge in [0.05, 0.1) is 12.8 Å². The normalized spacial score (nSPS) is 14.5. The van der Waals surface area contributed by atoms with Crippen molar-refractivity contribution in [2.45, 2.75) is 19.4 Å². The van der Waals surface area contributed by atoms with E-state index in [0.717, 1.165) is 43.9 Å². The monoisotopic (exact) mass is 424 g/mol. The number of carbonyl (C=O) groups is 1. The predicted octanol–water partition coefficient (Wildman–Crippen LogP) is 5.16. The highest BCUT2D eigenvalue weighted by atomic mass is 35.5. The van der Waals surface area contributed by atoms with Crippen molar-refractivity contribution in [2.24, 2.45) is 5.92 Å². The van der Waals surface area contributed by atoms with Crippen LogP contribution in [0.4, 0.5) is 10.5 Å². The molecule has 0 unspecified atom stereocenters. The molecule has 0 atom stereocenters. The summed E-state index contributed by atoms with van der Waals surface area (Å²) < 4.78 is 7.53. The van der Waals surface area contributed by atoms with Gasteiger partial charge >= 0.3 is 6.03 Å². The summed E-state index contributed by atoms with van der Waals surface area (Å²) in [5, 5.41) is 3.48. The molecule has 1 fully saturated rings. The molecule has 30 heavy (non-hydrogen) atoms. The number of hydrogen-bond acceptors (Lipinski definition) is 3. The first-order valence-electron chi connectivity index (χ1n) is 10.1. The number of carbonyl (C=O) groups excluding carboxylic acids is 1. The summed E-state index contributed by atoms with van der Waals surface area (Å²) in [6.07, 6.45) is 5.79. The van der Waals surface area contributed by atoms with Gasteiger partial charge in [0, 0.05) is 42.6 Å². The zero-order valence-corrected chi connectivity index (χ0v) is 17.7. The summed E-state index contributed by atoms with van der Waals surface area (Å²) >= 11 is 6.06. The lowest BCUT2D eigenvalue weighted by molar-refractivity contribution is 0.177. The van der Waals surface area contributed by atoms with Crippen LogP contribution in [0, 0.1) is 5.92 Å². The van der Waals surface area contributed by atoms with Crippen LogP contribution in [0.25, 0.3) is 11.4 Å². The largest absolute Gasteiger partial charge is 0.495 e. The van der Waals surface area contributed by atoms with Gasteiger partial charge in [0.2, 0.25) is 0 Å². The molecule has 4 rings (SSSR count). The maximum absolute atomic E-state index is 12.7. The van der Waals surface area contributed by atoms with E-state index >= 15 is 0 Å². The Morgan fingerprint density at radius 1 is 1.20 bits per heavy atom. The van der Waals surface area contributed by atoms with Crippen molar-refractivity contribution in [3.63, 3.8) is 0 Å². The van der Waals surface area contributed by atoms with E-state index in [1.54, 1.807) is 25.3 Å². The molecular weight excluding hydrogens is 400 g/mol. The lowest BCUT2D eigenvalue weighted by atomic mass is 9.97. The average Bonchev–Trinajstić information content (AvgIpc) is 3.23. The van der Waals surface area contributed by atoms with Gasteiger partial charge in [-0.1, -0.05) is 41.9 Å². The molecule has 0 radical (unpaired) electrons. The van der Waals surface area contributed by atoms with Crippen molar-refractivity contribution in [1.29, 1.82) is 0 Å². The highest BCUT2D eigenvalue weighted by Gasteiger charge is 2.24. The van der Waals surface area contributed by atoms with E-state index in [1.807, 2.05) is 35.5 Å². The summed E-state index contributed by atoms with van der Waals surface area (Å²) in [6.45, 7) is 2.34. The van der Waals surface area contributed by atoms with Gasteiger partial charge in [0.15, 0.2) is 0 Å². The van der Waals surface area contributed by atoms with Gasteiger partial charge in [0.1, 0.15) is 11.6 Å². The molecule has 1 aromatic heterocycles. The molecule has 1 saturated heterocycles. The molecular formula is C23H25ClN4O2. The molecule has 7 heteroatoms. The van der Waals surface area contributed by atoms with E-state index < -0.39 is 0 Å². The number of aromatic nitrogens is 2. The van der Waals surface area contributed by atoms with E-state index in [-0.39, 0.29) is 6.03 Å². The van der Waals surface area contributed by atoms with Crippen LogP contribution in [0.2, 0.25) is 5.02 Å². The van der Waals surface area contributed by atoms with E-state index in [1.165, 1.54) is 0 Å². The van der Waals surface area contributed by atoms with Crippen LogP contribution >= 0.6 is 11.6 Å². The van der Waals surface area contributed by atoms with Gasteiger partial charge in [-0.3, -0.25) is 0 Å². The van der Waals surface area contributed by atoms with Gasteiger partial charge in [-0.2, -0.15) is 0 Å². The first kappa shape index (κ1) is 20.3. The summed E-state index contributed by atoms with van der Waals surface area (Å²) in [5.41, 5.74) is 1.71.